The monoisotopic (exact) mass is 1160 g/mol. The Morgan fingerprint density at radius 1 is 0.451 bits per heavy atom. The topological polar surface area (TPSA) is 228 Å². The molecule has 14 nitrogen and oxygen atoms in total. The zero-order chi connectivity index (χ0) is 59.5. The van der Waals surface area contributed by atoms with E-state index in [1.165, 1.54) is 122 Å². The molecule has 0 saturated carbocycles. The second-order valence-corrected chi connectivity index (χ2v) is 22.5. The van der Waals surface area contributed by atoms with Crippen LogP contribution in [0.4, 0.5) is 0 Å². The van der Waals surface area contributed by atoms with E-state index in [1.54, 1.807) is 6.08 Å². The van der Waals surface area contributed by atoms with Gasteiger partial charge in [0.1, 0.15) is 48.8 Å². The van der Waals surface area contributed by atoms with Gasteiger partial charge in [-0.1, -0.05) is 239 Å². The van der Waals surface area contributed by atoms with Crippen molar-refractivity contribution in [2.45, 2.75) is 306 Å². The predicted octanol–water partition coefficient (Wildman–Crippen LogP) is 12.2. The molecule has 2 aliphatic rings. The maximum atomic E-state index is 13.3. The number of unbranched alkanes of at least 4 members (excludes halogenated alkanes) is 24. The van der Waals surface area contributed by atoms with E-state index < -0.39 is 86.8 Å². The van der Waals surface area contributed by atoms with Gasteiger partial charge in [0, 0.05) is 6.42 Å². The lowest BCUT2D eigenvalue weighted by Gasteiger charge is -2.46. The summed E-state index contributed by atoms with van der Waals surface area (Å²) in [6.07, 6.45) is 55.9. The molecule has 0 spiro atoms. The highest BCUT2D eigenvalue weighted by Gasteiger charge is 2.51. The fraction of sp³-hybridized carbons (Fsp3) is 0.750. The van der Waals surface area contributed by atoms with Crippen LogP contribution in [0.1, 0.15) is 232 Å². The molecule has 2 rings (SSSR count). The molecule has 0 aliphatic carbocycles. The summed E-state index contributed by atoms with van der Waals surface area (Å²) in [5.41, 5.74) is 0. The predicted molar refractivity (Wildman–Crippen MR) is 332 cm³/mol. The lowest BCUT2D eigenvalue weighted by molar-refractivity contribution is -0.359. The zero-order valence-electron chi connectivity index (χ0n) is 50.9. The van der Waals surface area contributed by atoms with Crippen molar-refractivity contribution in [1.82, 2.24) is 5.32 Å². The summed E-state index contributed by atoms with van der Waals surface area (Å²) >= 11 is 0. The summed E-state index contributed by atoms with van der Waals surface area (Å²) < 4.78 is 22.8. The van der Waals surface area contributed by atoms with Crippen LogP contribution >= 0.6 is 0 Å². The molecule has 2 fully saturated rings. The van der Waals surface area contributed by atoms with Crippen LogP contribution in [0.3, 0.4) is 0 Å². The molecule has 2 aliphatic heterocycles. The first kappa shape index (κ1) is 75.0. The second kappa shape index (κ2) is 52.3. The Morgan fingerprint density at radius 3 is 1.34 bits per heavy atom. The van der Waals surface area contributed by atoms with E-state index in [-0.39, 0.29) is 18.9 Å². The number of allylic oxidation sites excluding steroid dienone is 15. The highest BCUT2D eigenvalue weighted by Crippen LogP contribution is 2.30. The van der Waals surface area contributed by atoms with E-state index in [0.717, 1.165) is 77.0 Å². The summed E-state index contributed by atoms with van der Waals surface area (Å²) in [6, 6.07) is -0.941. The Labute approximate surface area is 496 Å². The lowest BCUT2D eigenvalue weighted by atomic mass is 9.97. The third kappa shape index (κ3) is 36.7. The van der Waals surface area contributed by atoms with Crippen molar-refractivity contribution < 1.29 is 64.6 Å². The summed E-state index contributed by atoms with van der Waals surface area (Å²) in [6.45, 7) is 2.67. The molecule has 0 bridgehead atoms. The first-order valence-electron chi connectivity index (χ1n) is 32.5. The number of carbonyl (C=O) groups excluding carboxylic acids is 1. The van der Waals surface area contributed by atoms with Gasteiger partial charge < -0.3 is 65.1 Å². The van der Waals surface area contributed by atoms with E-state index in [9.17, 15) is 45.6 Å². The zero-order valence-corrected chi connectivity index (χ0v) is 50.9. The summed E-state index contributed by atoms with van der Waals surface area (Å²) in [7, 11) is 0. The molecule has 1 amide bonds. The van der Waals surface area contributed by atoms with E-state index >= 15 is 0 Å². The number of hydrogen-bond acceptors (Lipinski definition) is 13. The van der Waals surface area contributed by atoms with E-state index in [0.29, 0.717) is 12.8 Å². The SMILES string of the molecule is CC/C=C\C/C=C\C/C=C\C/C=C\C/C=C\C/C=C\CCCCCCCCCCCCC(=O)NC(COC1OC(CO)C(OC2OC(CO)C(O)C(O)C2O)C(O)C1O)C(O)/C=C/CC/C=C/CCCCCCCCCCCCCCC. The minimum absolute atomic E-state index is 0.257. The van der Waals surface area contributed by atoms with Gasteiger partial charge in [0.2, 0.25) is 5.91 Å². The van der Waals surface area contributed by atoms with Crippen LogP contribution in [0.2, 0.25) is 0 Å². The van der Waals surface area contributed by atoms with Gasteiger partial charge in [-0.05, 0) is 83.5 Å². The Bertz CT molecular complexity index is 1740. The number of hydrogen-bond donors (Lipinski definition) is 9. The average molecular weight is 1160 g/mol. The summed E-state index contributed by atoms with van der Waals surface area (Å²) in [4.78, 5) is 13.3. The molecule has 0 aromatic heterocycles. The fourth-order valence-corrected chi connectivity index (χ4v) is 10.1. The molecule has 0 radical (unpaired) electrons. The Balaban J connectivity index is 1.73. The van der Waals surface area contributed by atoms with Crippen LogP contribution < -0.4 is 5.32 Å². The van der Waals surface area contributed by atoms with Gasteiger partial charge in [0.25, 0.3) is 0 Å². The normalized spacial score (nSPS) is 24.6. The molecular formula is C68H117NO13. The Morgan fingerprint density at radius 2 is 0.854 bits per heavy atom. The number of nitrogens with one attached hydrogen (secondary N) is 1. The number of aliphatic hydroxyl groups is 8. The molecule has 0 aromatic carbocycles. The Hall–Kier alpha value is -3.09. The van der Waals surface area contributed by atoms with Gasteiger partial charge in [-0.25, -0.2) is 0 Å². The molecule has 14 heteroatoms. The first-order chi connectivity index (χ1) is 40.1. The van der Waals surface area contributed by atoms with E-state index in [2.05, 4.69) is 104 Å². The van der Waals surface area contributed by atoms with Crippen LogP contribution in [-0.4, -0.2) is 140 Å². The molecule has 472 valence electrons. The van der Waals surface area contributed by atoms with Crippen molar-refractivity contribution in [3.63, 3.8) is 0 Å². The van der Waals surface area contributed by atoms with Crippen molar-refractivity contribution in [2.24, 2.45) is 0 Å². The van der Waals surface area contributed by atoms with E-state index in [4.69, 9.17) is 18.9 Å². The maximum absolute atomic E-state index is 13.3. The number of carbonyl (C=O) groups is 1. The van der Waals surface area contributed by atoms with Crippen molar-refractivity contribution in [3.05, 3.63) is 97.2 Å². The maximum Gasteiger partial charge on any atom is 0.220 e. The molecule has 9 N–H and O–H groups in total. The molecule has 82 heavy (non-hydrogen) atoms. The van der Waals surface area contributed by atoms with Gasteiger partial charge in [0.15, 0.2) is 12.6 Å². The molecule has 2 saturated heterocycles. The Kier molecular flexibility index (Phi) is 47.8. The average Bonchev–Trinajstić information content (AvgIpc) is 3.65. The van der Waals surface area contributed by atoms with Crippen molar-refractivity contribution in [3.8, 4) is 0 Å². The highest BCUT2D eigenvalue weighted by molar-refractivity contribution is 5.76. The minimum Gasteiger partial charge on any atom is -0.394 e. The summed E-state index contributed by atoms with van der Waals surface area (Å²) in [5.74, 6) is -0.257. The third-order valence-corrected chi connectivity index (χ3v) is 15.3. The number of amides is 1. The van der Waals surface area contributed by atoms with Crippen molar-refractivity contribution in [2.75, 3.05) is 19.8 Å². The third-order valence-electron chi connectivity index (χ3n) is 15.3. The smallest absolute Gasteiger partial charge is 0.220 e. The quantitative estimate of drug-likeness (QED) is 0.0204. The van der Waals surface area contributed by atoms with Crippen molar-refractivity contribution >= 4 is 5.91 Å². The highest BCUT2D eigenvalue weighted by atomic mass is 16.7. The molecule has 0 aromatic rings. The van der Waals surface area contributed by atoms with Gasteiger partial charge in [-0.3, -0.25) is 4.79 Å². The molecule has 2 heterocycles. The van der Waals surface area contributed by atoms with Crippen LogP contribution in [0.25, 0.3) is 0 Å². The standard InChI is InChI=1S/C68H117NO13/c1-3-5-7-9-11-13-15-17-19-21-23-24-25-26-27-28-29-30-31-32-34-36-38-40-42-44-46-48-50-52-60(73)69-56(57(72)51-49-47-45-43-41-39-37-35-33-22-20-18-16-14-12-10-8-6-4-2)55-79-67-65(78)63(76)66(59(54-71)81-67)82-68-64(77)62(75)61(74)58(53-70)80-68/h5,7,11,13,17,19,23-24,26-27,29-30,41,43,49,51,56-59,61-68,70-72,74-78H,3-4,6,8-10,12,14-16,18,20-22,25,28,31-40,42,44-48,50,52-55H2,1-2H3,(H,69,73)/b7-5-,13-11-,19-17-,24-23-,27-26-,30-29-,43-41+,51-49+. The minimum atomic E-state index is -1.80. The van der Waals surface area contributed by atoms with Crippen LogP contribution in [-0.2, 0) is 23.7 Å². The summed E-state index contributed by atoms with van der Waals surface area (Å²) in [5, 5.41) is 87.2. The van der Waals surface area contributed by atoms with Gasteiger partial charge >= 0.3 is 0 Å². The lowest BCUT2D eigenvalue weighted by Crippen LogP contribution is -2.65. The molecule has 12 atom stereocenters. The van der Waals surface area contributed by atoms with Gasteiger partial charge in [-0.15, -0.1) is 0 Å². The second-order valence-electron chi connectivity index (χ2n) is 22.5. The fourth-order valence-electron chi connectivity index (χ4n) is 10.1. The number of rotatable bonds is 51. The van der Waals surface area contributed by atoms with Crippen molar-refractivity contribution in [1.29, 1.82) is 0 Å². The largest absolute Gasteiger partial charge is 0.394 e. The van der Waals surface area contributed by atoms with Crippen LogP contribution in [0.15, 0.2) is 97.2 Å². The number of aliphatic hydroxyl groups excluding tert-OH is 8. The van der Waals surface area contributed by atoms with Crippen LogP contribution in [0, 0.1) is 0 Å². The molecule has 12 unspecified atom stereocenters. The van der Waals surface area contributed by atoms with E-state index in [1.807, 2.05) is 6.08 Å². The first-order valence-corrected chi connectivity index (χ1v) is 32.5. The van der Waals surface area contributed by atoms with Gasteiger partial charge in [-0.2, -0.15) is 0 Å². The number of ether oxygens (including phenoxy) is 4. The molecular weight excluding hydrogens is 1040 g/mol. The van der Waals surface area contributed by atoms with Gasteiger partial charge in [0.05, 0.1) is 32.0 Å². The van der Waals surface area contributed by atoms with Crippen LogP contribution in [0.5, 0.6) is 0 Å².